The normalized spacial score (nSPS) is 11.4. The number of fused-ring (bicyclic) bond motifs is 2. The van der Waals surface area contributed by atoms with Crippen molar-refractivity contribution in [1.29, 1.82) is 0 Å². The van der Waals surface area contributed by atoms with Crippen molar-refractivity contribution < 1.29 is 0 Å². The van der Waals surface area contributed by atoms with Gasteiger partial charge >= 0.3 is 0 Å². The summed E-state index contributed by atoms with van der Waals surface area (Å²) in [5.74, 6) is 1.02. The summed E-state index contributed by atoms with van der Waals surface area (Å²) in [7, 11) is 0. The molecular formula is C23H18ClN5O. The minimum Gasteiger partial charge on any atom is -0.314 e. The van der Waals surface area contributed by atoms with Gasteiger partial charge in [-0.3, -0.25) is 4.79 Å². The highest BCUT2D eigenvalue weighted by Gasteiger charge is 2.19. The Kier molecular flexibility index (Phi) is 4.56. The molecule has 0 bridgehead atoms. The van der Waals surface area contributed by atoms with Crippen LogP contribution in [0.3, 0.4) is 0 Å². The van der Waals surface area contributed by atoms with E-state index in [9.17, 15) is 4.79 Å². The van der Waals surface area contributed by atoms with Gasteiger partial charge < -0.3 is 4.57 Å². The zero-order chi connectivity index (χ0) is 20.7. The SMILES string of the molecule is Cc1nc2nc3ccn(CCc4ccccc4)c(=O)c3c(-c3ccccc3Cl)n2n1. The fourth-order valence-electron chi connectivity index (χ4n) is 3.69. The average Bonchev–Trinajstić information content (AvgIpc) is 3.13. The summed E-state index contributed by atoms with van der Waals surface area (Å²) in [6, 6.07) is 19.4. The largest absolute Gasteiger partial charge is 0.314 e. The van der Waals surface area contributed by atoms with Crippen molar-refractivity contribution in [2.45, 2.75) is 19.9 Å². The third-order valence-corrected chi connectivity index (χ3v) is 5.45. The summed E-state index contributed by atoms with van der Waals surface area (Å²) in [5, 5.41) is 5.50. The van der Waals surface area contributed by atoms with E-state index in [-0.39, 0.29) is 5.56 Å². The van der Waals surface area contributed by atoms with E-state index >= 15 is 0 Å². The van der Waals surface area contributed by atoms with Crippen LogP contribution in [-0.4, -0.2) is 24.1 Å². The van der Waals surface area contributed by atoms with Crippen LogP contribution in [-0.2, 0) is 13.0 Å². The van der Waals surface area contributed by atoms with Gasteiger partial charge in [-0.25, -0.2) is 4.98 Å². The molecule has 0 N–H and O–H groups in total. The fourth-order valence-corrected chi connectivity index (χ4v) is 3.92. The summed E-state index contributed by atoms with van der Waals surface area (Å²) in [6.45, 7) is 2.36. The second-order valence-corrected chi connectivity index (χ2v) is 7.53. The first-order chi connectivity index (χ1) is 14.6. The second kappa shape index (κ2) is 7.39. The molecule has 30 heavy (non-hydrogen) atoms. The number of aryl methyl sites for hydroxylation is 3. The van der Waals surface area contributed by atoms with Gasteiger partial charge in [0.25, 0.3) is 11.3 Å². The molecule has 0 saturated heterocycles. The van der Waals surface area contributed by atoms with Crippen molar-refractivity contribution in [3.63, 3.8) is 0 Å². The highest BCUT2D eigenvalue weighted by molar-refractivity contribution is 6.33. The van der Waals surface area contributed by atoms with Crippen molar-refractivity contribution in [1.82, 2.24) is 24.1 Å². The Labute approximate surface area is 177 Å². The van der Waals surface area contributed by atoms with Crippen LogP contribution in [0.5, 0.6) is 0 Å². The van der Waals surface area contributed by atoms with Crippen molar-refractivity contribution in [2.24, 2.45) is 0 Å². The van der Waals surface area contributed by atoms with Crippen LogP contribution >= 0.6 is 11.6 Å². The number of aromatic nitrogens is 5. The first-order valence-corrected chi connectivity index (χ1v) is 10.0. The minimum absolute atomic E-state index is 0.124. The Balaban J connectivity index is 1.75. The molecule has 0 atom stereocenters. The van der Waals surface area contributed by atoms with Gasteiger partial charge in [0.1, 0.15) is 5.82 Å². The van der Waals surface area contributed by atoms with Crippen LogP contribution in [0.15, 0.2) is 71.7 Å². The summed E-state index contributed by atoms with van der Waals surface area (Å²) in [4.78, 5) is 22.5. The van der Waals surface area contributed by atoms with Crippen molar-refractivity contribution >= 4 is 28.3 Å². The van der Waals surface area contributed by atoms with Gasteiger partial charge in [-0.05, 0) is 31.0 Å². The molecule has 0 aliphatic rings. The molecule has 5 rings (SSSR count). The van der Waals surface area contributed by atoms with E-state index in [1.54, 1.807) is 28.3 Å². The molecule has 7 heteroatoms. The molecule has 0 fully saturated rings. The molecule has 3 aromatic heterocycles. The number of hydrogen-bond donors (Lipinski definition) is 0. The third kappa shape index (κ3) is 3.15. The molecule has 0 unspecified atom stereocenters. The molecule has 0 saturated carbocycles. The summed E-state index contributed by atoms with van der Waals surface area (Å²) >= 11 is 6.51. The standard InChI is InChI=1S/C23H18ClN5O/c1-15-25-23-26-19-12-14-28(13-11-16-7-3-2-4-8-16)22(30)20(19)21(29(23)27-15)17-9-5-6-10-18(17)24/h2-10,12,14H,11,13H2,1H3. The zero-order valence-electron chi connectivity index (χ0n) is 16.3. The summed E-state index contributed by atoms with van der Waals surface area (Å²) in [6.07, 6.45) is 2.54. The highest BCUT2D eigenvalue weighted by atomic mass is 35.5. The van der Waals surface area contributed by atoms with Crippen LogP contribution in [0.2, 0.25) is 5.02 Å². The molecule has 0 spiro atoms. The Morgan fingerprint density at radius 1 is 0.967 bits per heavy atom. The maximum absolute atomic E-state index is 13.5. The Morgan fingerprint density at radius 3 is 2.53 bits per heavy atom. The Bertz CT molecular complexity index is 1440. The molecule has 0 amide bonds. The molecule has 2 aromatic carbocycles. The lowest BCUT2D eigenvalue weighted by Crippen LogP contribution is -2.22. The first-order valence-electron chi connectivity index (χ1n) is 9.67. The maximum atomic E-state index is 13.5. The van der Waals surface area contributed by atoms with Crippen LogP contribution in [0.4, 0.5) is 0 Å². The maximum Gasteiger partial charge on any atom is 0.262 e. The van der Waals surface area contributed by atoms with Crippen LogP contribution in [0.1, 0.15) is 11.4 Å². The van der Waals surface area contributed by atoms with E-state index in [1.165, 1.54) is 5.56 Å². The Hall–Kier alpha value is -3.51. The van der Waals surface area contributed by atoms with Gasteiger partial charge in [-0.15, -0.1) is 5.10 Å². The number of pyridine rings is 1. The second-order valence-electron chi connectivity index (χ2n) is 7.12. The van der Waals surface area contributed by atoms with Crippen LogP contribution in [0.25, 0.3) is 27.9 Å². The van der Waals surface area contributed by atoms with Crippen LogP contribution < -0.4 is 5.56 Å². The summed E-state index contributed by atoms with van der Waals surface area (Å²) < 4.78 is 3.33. The van der Waals surface area contributed by atoms with E-state index in [1.807, 2.05) is 42.5 Å². The highest BCUT2D eigenvalue weighted by Crippen LogP contribution is 2.31. The van der Waals surface area contributed by atoms with Gasteiger partial charge in [0.2, 0.25) is 0 Å². The molecule has 0 aliphatic carbocycles. The van der Waals surface area contributed by atoms with Gasteiger partial charge in [0, 0.05) is 23.3 Å². The smallest absolute Gasteiger partial charge is 0.262 e. The number of halogens is 1. The molecule has 0 radical (unpaired) electrons. The molecular weight excluding hydrogens is 398 g/mol. The topological polar surface area (TPSA) is 65.1 Å². The molecule has 0 aliphatic heterocycles. The zero-order valence-corrected chi connectivity index (χ0v) is 17.0. The molecule has 3 heterocycles. The fraction of sp³-hybridized carbons (Fsp3) is 0.130. The number of nitrogens with zero attached hydrogens (tertiary/aromatic N) is 5. The van der Waals surface area contributed by atoms with Crippen molar-refractivity contribution in [3.8, 4) is 11.3 Å². The van der Waals surface area contributed by atoms with E-state index in [0.717, 1.165) is 12.0 Å². The lowest BCUT2D eigenvalue weighted by molar-refractivity contribution is 0.674. The number of hydrogen-bond acceptors (Lipinski definition) is 4. The predicted molar refractivity (Wildman–Crippen MR) is 118 cm³/mol. The molecule has 148 valence electrons. The Morgan fingerprint density at radius 2 is 1.73 bits per heavy atom. The third-order valence-electron chi connectivity index (χ3n) is 5.12. The number of benzene rings is 2. The molecule has 6 nitrogen and oxygen atoms in total. The summed E-state index contributed by atoms with van der Waals surface area (Å²) in [5.41, 5.74) is 2.96. The van der Waals surface area contributed by atoms with E-state index < -0.39 is 0 Å². The van der Waals surface area contributed by atoms with E-state index in [4.69, 9.17) is 11.6 Å². The molecule has 5 aromatic rings. The minimum atomic E-state index is -0.124. The van der Waals surface area contributed by atoms with E-state index in [2.05, 4.69) is 27.2 Å². The lowest BCUT2D eigenvalue weighted by atomic mass is 10.1. The predicted octanol–water partition coefficient (Wildman–Crippen LogP) is 4.31. The lowest BCUT2D eigenvalue weighted by Gasteiger charge is -2.12. The van der Waals surface area contributed by atoms with Gasteiger partial charge in [0.15, 0.2) is 0 Å². The van der Waals surface area contributed by atoms with Crippen molar-refractivity contribution in [2.75, 3.05) is 0 Å². The van der Waals surface area contributed by atoms with Gasteiger partial charge in [-0.1, -0.05) is 60.1 Å². The number of rotatable bonds is 4. The average molecular weight is 416 g/mol. The van der Waals surface area contributed by atoms with Gasteiger partial charge in [-0.2, -0.15) is 9.50 Å². The monoisotopic (exact) mass is 415 g/mol. The van der Waals surface area contributed by atoms with Crippen molar-refractivity contribution in [3.05, 3.63) is 93.6 Å². The van der Waals surface area contributed by atoms with E-state index in [0.29, 0.717) is 39.8 Å². The first kappa shape index (κ1) is 18.5. The quantitative estimate of drug-likeness (QED) is 0.438. The van der Waals surface area contributed by atoms with Gasteiger partial charge in [0.05, 0.1) is 16.6 Å². The van der Waals surface area contributed by atoms with Crippen LogP contribution in [0, 0.1) is 6.92 Å².